The van der Waals surface area contributed by atoms with Gasteiger partial charge in [0, 0.05) is 17.8 Å². The fourth-order valence-corrected chi connectivity index (χ4v) is 1.95. The summed E-state index contributed by atoms with van der Waals surface area (Å²) < 4.78 is 0. The van der Waals surface area contributed by atoms with E-state index in [1.54, 1.807) is 24.4 Å². The van der Waals surface area contributed by atoms with Gasteiger partial charge in [0.05, 0.1) is 5.03 Å². The van der Waals surface area contributed by atoms with E-state index in [2.05, 4.69) is 10.3 Å². The van der Waals surface area contributed by atoms with E-state index in [0.29, 0.717) is 5.56 Å². The monoisotopic (exact) mass is 270 g/mol. The van der Waals surface area contributed by atoms with Crippen LogP contribution in [-0.4, -0.2) is 17.0 Å². The number of ketones is 1. The maximum absolute atomic E-state index is 12.1. The number of anilines is 1. The van der Waals surface area contributed by atoms with Gasteiger partial charge in [-0.1, -0.05) is 36.4 Å². The zero-order valence-electron chi connectivity index (χ0n) is 10.5. The molecule has 2 rings (SSSR count). The van der Waals surface area contributed by atoms with Crippen molar-refractivity contribution in [3.8, 4) is 0 Å². The Morgan fingerprint density at radius 3 is 2.53 bits per heavy atom. The highest BCUT2D eigenvalue weighted by molar-refractivity contribution is 8.02. The van der Waals surface area contributed by atoms with Gasteiger partial charge in [-0.3, -0.25) is 4.79 Å². The molecule has 0 fully saturated rings. The second-order valence-corrected chi connectivity index (χ2v) is 4.63. The number of carbonyl (C=O) groups excluding carboxylic acids is 1. The molecule has 1 aromatic carbocycles. The van der Waals surface area contributed by atoms with Gasteiger partial charge < -0.3 is 5.32 Å². The number of hydrogen-bond acceptors (Lipinski definition) is 4. The smallest absolute Gasteiger partial charge is 0.188 e. The lowest BCUT2D eigenvalue weighted by atomic mass is 10.1. The second kappa shape index (κ2) is 6.75. The fraction of sp³-hybridized carbons (Fsp3) is 0.0667. The number of allylic oxidation sites excluding steroid dienone is 1. The summed E-state index contributed by atoms with van der Waals surface area (Å²) in [4.78, 5) is 16.2. The summed E-state index contributed by atoms with van der Waals surface area (Å²) in [5.41, 5.74) is 0.678. The lowest BCUT2D eigenvalue weighted by Crippen LogP contribution is -2.02. The molecule has 0 atom stereocenters. The largest absolute Gasteiger partial charge is 0.335 e. The summed E-state index contributed by atoms with van der Waals surface area (Å²) in [5, 5.41) is 3.89. The molecule has 1 aromatic heterocycles. The van der Waals surface area contributed by atoms with Crippen molar-refractivity contribution in [2.24, 2.45) is 0 Å². The van der Waals surface area contributed by atoms with Crippen molar-refractivity contribution < 1.29 is 4.79 Å². The third-order valence-electron chi connectivity index (χ3n) is 2.46. The number of aromatic nitrogens is 1. The van der Waals surface area contributed by atoms with Gasteiger partial charge in [-0.2, -0.15) is 0 Å². The third-order valence-corrected chi connectivity index (χ3v) is 3.12. The number of pyridine rings is 1. The number of benzene rings is 1. The molecule has 1 N–H and O–H groups in total. The average molecular weight is 270 g/mol. The van der Waals surface area contributed by atoms with E-state index in [4.69, 9.17) is 0 Å². The minimum Gasteiger partial charge on any atom is -0.335 e. The number of hydrogen-bond donors (Lipinski definition) is 1. The molecular formula is C15H14N2OS. The van der Waals surface area contributed by atoms with Gasteiger partial charge in [-0.05, 0) is 18.4 Å². The predicted molar refractivity (Wildman–Crippen MR) is 80.2 cm³/mol. The Morgan fingerprint density at radius 2 is 1.89 bits per heavy atom. The van der Waals surface area contributed by atoms with Crippen molar-refractivity contribution in [1.82, 2.24) is 4.98 Å². The van der Waals surface area contributed by atoms with Crippen LogP contribution < -0.4 is 5.32 Å². The number of nitrogens with zero attached hydrogens (tertiary/aromatic N) is 1. The Labute approximate surface area is 116 Å². The average Bonchev–Trinajstić information content (AvgIpc) is 2.48. The minimum absolute atomic E-state index is 0.0200. The molecule has 3 nitrogen and oxygen atoms in total. The molecule has 4 heteroatoms. The number of thioether (sulfide) groups is 1. The molecule has 19 heavy (non-hydrogen) atoms. The van der Waals surface area contributed by atoms with Crippen molar-refractivity contribution >= 4 is 23.4 Å². The molecule has 0 saturated carbocycles. The summed E-state index contributed by atoms with van der Waals surface area (Å²) in [6.07, 6.45) is 5.22. The molecule has 96 valence electrons. The van der Waals surface area contributed by atoms with Gasteiger partial charge in [-0.15, -0.1) is 11.8 Å². The Hall–Kier alpha value is -2.07. The van der Waals surface area contributed by atoms with Gasteiger partial charge in [0.1, 0.15) is 5.82 Å². The van der Waals surface area contributed by atoms with E-state index < -0.39 is 0 Å². The van der Waals surface area contributed by atoms with Gasteiger partial charge in [-0.25, -0.2) is 4.98 Å². The van der Waals surface area contributed by atoms with Crippen LogP contribution in [0, 0.1) is 0 Å². The van der Waals surface area contributed by atoms with E-state index in [1.807, 2.05) is 42.7 Å². The maximum Gasteiger partial charge on any atom is 0.188 e. The molecule has 0 radical (unpaired) electrons. The quantitative estimate of drug-likeness (QED) is 0.666. The highest BCUT2D eigenvalue weighted by Crippen LogP contribution is 2.16. The van der Waals surface area contributed by atoms with Crippen LogP contribution in [-0.2, 0) is 0 Å². The zero-order valence-corrected chi connectivity index (χ0v) is 11.4. The van der Waals surface area contributed by atoms with Gasteiger partial charge in [0.2, 0.25) is 0 Å². The van der Waals surface area contributed by atoms with Crippen LogP contribution in [0.4, 0.5) is 5.82 Å². The second-order valence-electron chi connectivity index (χ2n) is 3.78. The molecule has 0 amide bonds. The normalized spacial score (nSPS) is 11.1. The van der Waals surface area contributed by atoms with Crippen LogP contribution in [0.3, 0.4) is 0 Å². The van der Waals surface area contributed by atoms with Crippen LogP contribution in [0.2, 0.25) is 0 Å². The summed E-state index contributed by atoms with van der Waals surface area (Å²) >= 11 is 1.48. The van der Waals surface area contributed by atoms with Crippen molar-refractivity contribution in [1.29, 1.82) is 0 Å². The first-order valence-electron chi connectivity index (χ1n) is 5.83. The molecule has 0 saturated heterocycles. The zero-order chi connectivity index (χ0) is 13.5. The van der Waals surface area contributed by atoms with Crippen molar-refractivity contribution in [2.75, 3.05) is 11.6 Å². The number of carbonyl (C=O) groups is 1. The molecule has 0 unspecified atom stereocenters. The lowest BCUT2D eigenvalue weighted by Gasteiger charge is -2.07. The topological polar surface area (TPSA) is 42.0 Å². The summed E-state index contributed by atoms with van der Waals surface area (Å²) in [6, 6.07) is 14.8. The van der Waals surface area contributed by atoms with E-state index in [-0.39, 0.29) is 5.78 Å². The van der Waals surface area contributed by atoms with Gasteiger partial charge in [0.25, 0.3) is 0 Å². The Bertz CT molecular complexity index is 567. The minimum atomic E-state index is -0.0200. The SMILES string of the molecule is CS/C(=C/C(=O)c1ccccc1)Nc1ccccn1. The summed E-state index contributed by atoms with van der Waals surface area (Å²) in [6.45, 7) is 0. The Balaban J connectivity index is 2.13. The molecule has 0 bridgehead atoms. The first-order chi connectivity index (χ1) is 9.29. The van der Waals surface area contributed by atoms with Crippen LogP contribution >= 0.6 is 11.8 Å². The first kappa shape index (κ1) is 13.4. The van der Waals surface area contributed by atoms with E-state index in [1.165, 1.54) is 11.8 Å². The van der Waals surface area contributed by atoms with E-state index in [9.17, 15) is 4.79 Å². The molecule has 0 aliphatic rings. The third kappa shape index (κ3) is 3.96. The number of rotatable bonds is 5. The van der Waals surface area contributed by atoms with Gasteiger partial charge >= 0.3 is 0 Å². The number of nitrogens with one attached hydrogen (secondary N) is 1. The molecule has 2 aromatic rings. The highest BCUT2D eigenvalue weighted by Gasteiger charge is 2.04. The van der Waals surface area contributed by atoms with Crippen LogP contribution in [0.1, 0.15) is 10.4 Å². The van der Waals surface area contributed by atoms with Crippen LogP contribution in [0.25, 0.3) is 0 Å². The fourth-order valence-electron chi connectivity index (χ4n) is 1.51. The van der Waals surface area contributed by atoms with Crippen LogP contribution in [0.15, 0.2) is 65.8 Å². The first-order valence-corrected chi connectivity index (χ1v) is 7.05. The molecule has 0 spiro atoms. The molecule has 0 aliphatic heterocycles. The summed E-state index contributed by atoms with van der Waals surface area (Å²) in [5.74, 6) is 0.706. The molecule has 0 aliphatic carbocycles. The van der Waals surface area contributed by atoms with Crippen molar-refractivity contribution in [2.45, 2.75) is 0 Å². The van der Waals surface area contributed by atoms with E-state index >= 15 is 0 Å². The van der Waals surface area contributed by atoms with Crippen molar-refractivity contribution in [3.63, 3.8) is 0 Å². The van der Waals surface area contributed by atoms with Crippen molar-refractivity contribution in [3.05, 3.63) is 71.4 Å². The van der Waals surface area contributed by atoms with Crippen LogP contribution in [0.5, 0.6) is 0 Å². The Kier molecular flexibility index (Phi) is 4.75. The lowest BCUT2D eigenvalue weighted by molar-refractivity contribution is 0.104. The standard InChI is InChI=1S/C15H14N2OS/c1-19-15(17-14-9-5-6-10-16-14)11-13(18)12-7-3-2-4-8-12/h2-11H,1H3,(H,16,17)/b15-11+. The maximum atomic E-state index is 12.1. The van der Waals surface area contributed by atoms with E-state index in [0.717, 1.165) is 10.8 Å². The highest BCUT2D eigenvalue weighted by atomic mass is 32.2. The predicted octanol–water partition coefficient (Wildman–Crippen LogP) is 3.58. The van der Waals surface area contributed by atoms with Gasteiger partial charge in [0.15, 0.2) is 5.78 Å². The Morgan fingerprint density at radius 1 is 1.16 bits per heavy atom. The molecule has 1 heterocycles. The molecular weight excluding hydrogens is 256 g/mol. The summed E-state index contributed by atoms with van der Waals surface area (Å²) in [7, 11) is 0.